The maximum Gasteiger partial charge on any atom is 0.326 e. The molecule has 0 spiro atoms. The van der Waals surface area contributed by atoms with Crippen LogP contribution in [0.4, 0.5) is 4.79 Å². The van der Waals surface area contributed by atoms with Gasteiger partial charge >= 0.3 is 12.0 Å². The van der Waals surface area contributed by atoms with Gasteiger partial charge in [0.15, 0.2) is 0 Å². The van der Waals surface area contributed by atoms with Gasteiger partial charge in [-0.25, -0.2) is 9.59 Å². The van der Waals surface area contributed by atoms with Crippen molar-refractivity contribution in [2.24, 2.45) is 5.92 Å². The highest BCUT2D eigenvalue weighted by molar-refractivity contribution is 5.82. The quantitative estimate of drug-likeness (QED) is 0.687. The number of carboxylic acid groups (broad SMARTS) is 1. The molecule has 5 heteroatoms. The number of urea groups is 1. The minimum Gasteiger partial charge on any atom is -0.480 e. The van der Waals surface area contributed by atoms with Gasteiger partial charge in [-0.05, 0) is 38.5 Å². The first-order valence-corrected chi connectivity index (χ1v) is 6.14. The molecule has 3 N–H and O–H groups in total. The average molecular weight is 242 g/mol. The van der Waals surface area contributed by atoms with E-state index < -0.39 is 12.0 Å². The summed E-state index contributed by atoms with van der Waals surface area (Å²) < 4.78 is 0. The summed E-state index contributed by atoms with van der Waals surface area (Å²) in [6.45, 7) is 5.85. The van der Waals surface area contributed by atoms with Crippen molar-refractivity contribution in [2.75, 3.05) is 0 Å². The Morgan fingerprint density at radius 3 is 2.29 bits per heavy atom. The van der Waals surface area contributed by atoms with Crippen molar-refractivity contribution in [1.82, 2.24) is 10.6 Å². The number of aliphatic carboxylic acids is 1. The van der Waals surface area contributed by atoms with Crippen molar-refractivity contribution in [3.05, 3.63) is 0 Å². The van der Waals surface area contributed by atoms with Crippen molar-refractivity contribution in [3.63, 3.8) is 0 Å². The van der Waals surface area contributed by atoms with Gasteiger partial charge in [-0.3, -0.25) is 0 Å². The molecule has 0 radical (unpaired) electrons. The summed E-state index contributed by atoms with van der Waals surface area (Å²) in [6.07, 6.45) is 3.48. The van der Waals surface area contributed by atoms with E-state index in [9.17, 15) is 9.59 Å². The third kappa shape index (κ3) is 4.24. The normalized spacial score (nSPS) is 19.3. The van der Waals surface area contributed by atoms with Gasteiger partial charge in [-0.1, -0.05) is 13.8 Å². The summed E-state index contributed by atoms with van der Waals surface area (Å²) in [6, 6.07) is -1.18. The van der Waals surface area contributed by atoms with E-state index in [1.54, 1.807) is 0 Å². The smallest absolute Gasteiger partial charge is 0.326 e. The molecule has 2 amide bonds. The SMILES string of the molecule is CC(C)CC(NC(=O)NC1(C)CCC1)C(=O)O. The van der Waals surface area contributed by atoms with Crippen LogP contribution in [-0.2, 0) is 4.79 Å². The zero-order valence-electron chi connectivity index (χ0n) is 10.7. The number of hydrogen-bond acceptors (Lipinski definition) is 2. The molecule has 0 heterocycles. The lowest BCUT2D eigenvalue weighted by Gasteiger charge is -2.39. The molecule has 5 nitrogen and oxygen atoms in total. The molecule has 1 saturated carbocycles. The third-order valence-electron chi connectivity index (χ3n) is 3.18. The number of carbonyl (C=O) groups excluding carboxylic acids is 1. The number of nitrogens with one attached hydrogen (secondary N) is 2. The number of amides is 2. The number of carbonyl (C=O) groups is 2. The second-order valence-electron chi connectivity index (χ2n) is 5.53. The third-order valence-corrected chi connectivity index (χ3v) is 3.18. The average Bonchev–Trinajstić information content (AvgIpc) is 2.13. The lowest BCUT2D eigenvalue weighted by atomic mass is 9.79. The number of rotatable bonds is 5. The summed E-state index contributed by atoms with van der Waals surface area (Å²) >= 11 is 0. The predicted octanol–water partition coefficient (Wildman–Crippen LogP) is 1.73. The first kappa shape index (κ1) is 13.8. The second-order valence-corrected chi connectivity index (χ2v) is 5.53. The molecular weight excluding hydrogens is 220 g/mol. The predicted molar refractivity (Wildman–Crippen MR) is 64.8 cm³/mol. The molecule has 1 fully saturated rings. The minimum absolute atomic E-state index is 0.148. The monoisotopic (exact) mass is 242 g/mol. The van der Waals surface area contributed by atoms with Crippen molar-refractivity contribution in [2.45, 2.75) is 58.0 Å². The van der Waals surface area contributed by atoms with E-state index in [0.717, 1.165) is 19.3 Å². The van der Waals surface area contributed by atoms with Gasteiger partial charge in [0.25, 0.3) is 0 Å². The highest BCUT2D eigenvalue weighted by Crippen LogP contribution is 2.30. The first-order valence-electron chi connectivity index (χ1n) is 6.14. The molecule has 0 aliphatic heterocycles. The van der Waals surface area contributed by atoms with Gasteiger partial charge in [-0.2, -0.15) is 0 Å². The maximum atomic E-state index is 11.7. The van der Waals surface area contributed by atoms with E-state index in [0.29, 0.717) is 6.42 Å². The van der Waals surface area contributed by atoms with E-state index in [2.05, 4.69) is 10.6 Å². The van der Waals surface area contributed by atoms with Crippen molar-refractivity contribution in [1.29, 1.82) is 0 Å². The topological polar surface area (TPSA) is 78.4 Å². The van der Waals surface area contributed by atoms with Crippen LogP contribution in [0.25, 0.3) is 0 Å². The highest BCUT2D eigenvalue weighted by Gasteiger charge is 2.34. The zero-order valence-corrected chi connectivity index (χ0v) is 10.7. The molecule has 0 aromatic heterocycles. The summed E-state index contributed by atoms with van der Waals surface area (Å²) in [7, 11) is 0. The molecule has 0 saturated heterocycles. The molecule has 1 rings (SSSR count). The van der Waals surface area contributed by atoms with Crippen LogP contribution in [0.15, 0.2) is 0 Å². The van der Waals surface area contributed by atoms with Crippen LogP contribution in [0.2, 0.25) is 0 Å². The maximum absolute atomic E-state index is 11.7. The number of hydrogen-bond donors (Lipinski definition) is 3. The molecule has 0 bridgehead atoms. The van der Waals surface area contributed by atoms with Crippen LogP contribution in [0, 0.1) is 5.92 Å². The first-order chi connectivity index (χ1) is 7.82. The van der Waals surface area contributed by atoms with Crippen LogP contribution < -0.4 is 10.6 Å². The van der Waals surface area contributed by atoms with Gasteiger partial charge in [0.2, 0.25) is 0 Å². The van der Waals surface area contributed by atoms with Gasteiger partial charge in [0.1, 0.15) is 6.04 Å². The molecule has 17 heavy (non-hydrogen) atoms. The fourth-order valence-corrected chi connectivity index (χ4v) is 1.99. The van der Waals surface area contributed by atoms with Gasteiger partial charge in [0, 0.05) is 5.54 Å². The van der Waals surface area contributed by atoms with Gasteiger partial charge < -0.3 is 15.7 Å². The second kappa shape index (κ2) is 5.38. The van der Waals surface area contributed by atoms with E-state index in [1.165, 1.54) is 0 Å². The fourth-order valence-electron chi connectivity index (χ4n) is 1.99. The standard InChI is InChI=1S/C12H22N2O3/c1-8(2)7-9(10(15)16)13-11(17)14-12(3)5-4-6-12/h8-9H,4-7H2,1-3H3,(H,15,16)(H2,13,14,17). The number of carboxylic acids is 1. The van der Waals surface area contributed by atoms with Gasteiger partial charge in [0.05, 0.1) is 0 Å². The Labute approximate surface area is 102 Å². The zero-order chi connectivity index (χ0) is 13.1. The molecule has 0 aromatic carbocycles. The Bertz CT molecular complexity index is 298. The molecule has 1 unspecified atom stereocenters. The van der Waals surface area contributed by atoms with E-state index in [1.807, 2.05) is 20.8 Å². The van der Waals surface area contributed by atoms with Crippen molar-refractivity contribution in [3.8, 4) is 0 Å². The lowest BCUT2D eigenvalue weighted by molar-refractivity contribution is -0.139. The van der Waals surface area contributed by atoms with Gasteiger partial charge in [-0.15, -0.1) is 0 Å². The largest absolute Gasteiger partial charge is 0.480 e. The summed E-state index contributed by atoms with van der Waals surface area (Å²) in [5.74, 6) is -0.747. The van der Waals surface area contributed by atoms with E-state index >= 15 is 0 Å². The van der Waals surface area contributed by atoms with Crippen LogP contribution in [0.1, 0.15) is 46.5 Å². The molecular formula is C12H22N2O3. The van der Waals surface area contributed by atoms with Crippen LogP contribution in [-0.4, -0.2) is 28.7 Å². The Morgan fingerprint density at radius 2 is 1.94 bits per heavy atom. The van der Waals surface area contributed by atoms with Crippen LogP contribution in [0.5, 0.6) is 0 Å². The summed E-state index contributed by atoms with van der Waals surface area (Å²) in [4.78, 5) is 22.6. The Balaban J connectivity index is 2.43. The van der Waals surface area contributed by atoms with Crippen LogP contribution in [0.3, 0.4) is 0 Å². The molecule has 98 valence electrons. The lowest BCUT2D eigenvalue weighted by Crippen LogP contribution is -2.56. The fraction of sp³-hybridized carbons (Fsp3) is 0.833. The van der Waals surface area contributed by atoms with E-state index in [-0.39, 0.29) is 17.5 Å². The van der Waals surface area contributed by atoms with Crippen molar-refractivity contribution < 1.29 is 14.7 Å². The molecule has 0 aromatic rings. The minimum atomic E-state index is -0.979. The van der Waals surface area contributed by atoms with Crippen molar-refractivity contribution >= 4 is 12.0 Å². The molecule has 1 aliphatic carbocycles. The van der Waals surface area contributed by atoms with E-state index in [4.69, 9.17) is 5.11 Å². The Morgan fingerprint density at radius 1 is 1.35 bits per heavy atom. The van der Waals surface area contributed by atoms with Crippen LogP contribution >= 0.6 is 0 Å². The highest BCUT2D eigenvalue weighted by atomic mass is 16.4. The summed E-state index contributed by atoms with van der Waals surface area (Å²) in [5.41, 5.74) is -0.148. The molecule has 1 atom stereocenters. The molecule has 1 aliphatic rings. The summed E-state index contributed by atoms with van der Waals surface area (Å²) in [5, 5.41) is 14.4. The Hall–Kier alpha value is -1.26. The Kier molecular flexibility index (Phi) is 4.37.